The average Bonchev–Trinajstić information content (AvgIpc) is 2.62. The predicted molar refractivity (Wildman–Crippen MR) is 88.4 cm³/mol. The largest absolute Gasteiger partial charge is 0.439 e. The van der Waals surface area contributed by atoms with Crippen LogP contribution in [0.5, 0.6) is 11.6 Å². The van der Waals surface area contributed by atoms with Crippen molar-refractivity contribution in [3.8, 4) is 11.6 Å². The number of carbonyl (C=O) groups is 1. The molecule has 0 atom stereocenters. The third-order valence-electron chi connectivity index (χ3n) is 4.15. The van der Waals surface area contributed by atoms with Crippen LogP contribution in [0.15, 0.2) is 48.5 Å². The van der Waals surface area contributed by atoms with Gasteiger partial charge in [0.05, 0.1) is 6.54 Å². The molecule has 0 radical (unpaired) electrons. The van der Waals surface area contributed by atoms with Crippen molar-refractivity contribution in [3.05, 3.63) is 54.2 Å². The summed E-state index contributed by atoms with van der Waals surface area (Å²) in [5, 5.41) is 0. The van der Waals surface area contributed by atoms with Crippen LogP contribution < -0.4 is 10.5 Å². The van der Waals surface area contributed by atoms with E-state index in [9.17, 15) is 4.79 Å². The van der Waals surface area contributed by atoms with E-state index in [0.29, 0.717) is 11.8 Å². The van der Waals surface area contributed by atoms with Crippen molar-refractivity contribution in [2.45, 2.75) is 18.8 Å². The Morgan fingerprint density at radius 3 is 2.57 bits per heavy atom. The van der Waals surface area contributed by atoms with Gasteiger partial charge in [-0.1, -0.05) is 24.3 Å². The van der Waals surface area contributed by atoms with Gasteiger partial charge in [0.1, 0.15) is 5.75 Å². The molecule has 2 heterocycles. The van der Waals surface area contributed by atoms with Crippen molar-refractivity contribution in [1.29, 1.82) is 0 Å². The number of para-hydroxylation sites is 1. The Hall–Kier alpha value is -2.40. The van der Waals surface area contributed by atoms with E-state index in [1.807, 2.05) is 53.4 Å². The fourth-order valence-corrected chi connectivity index (χ4v) is 2.88. The van der Waals surface area contributed by atoms with Crippen LogP contribution in [0.4, 0.5) is 0 Å². The number of nitrogens with two attached hydrogens (primary N) is 1. The van der Waals surface area contributed by atoms with Crippen molar-refractivity contribution in [1.82, 2.24) is 9.88 Å². The molecule has 2 aromatic rings. The van der Waals surface area contributed by atoms with E-state index >= 15 is 0 Å². The quantitative estimate of drug-likeness (QED) is 0.942. The first-order chi connectivity index (χ1) is 11.3. The normalized spacial score (nSPS) is 15.4. The molecule has 1 saturated heterocycles. The van der Waals surface area contributed by atoms with Crippen molar-refractivity contribution in [2.75, 3.05) is 19.6 Å². The molecule has 0 spiro atoms. The fraction of sp³-hybridized carbons (Fsp3) is 0.333. The van der Waals surface area contributed by atoms with Gasteiger partial charge in [0.2, 0.25) is 11.8 Å². The molecule has 1 aliphatic heterocycles. The highest BCUT2D eigenvalue weighted by atomic mass is 16.5. The summed E-state index contributed by atoms with van der Waals surface area (Å²) in [5.74, 6) is 1.77. The number of carbonyl (C=O) groups excluding carboxylic acids is 1. The lowest BCUT2D eigenvalue weighted by Crippen LogP contribution is -2.41. The second kappa shape index (κ2) is 7.24. The Morgan fingerprint density at radius 2 is 1.87 bits per heavy atom. The van der Waals surface area contributed by atoms with Gasteiger partial charge in [-0.05, 0) is 31.0 Å². The Bertz CT molecular complexity index is 652. The van der Waals surface area contributed by atoms with E-state index in [2.05, 4.69) is 4.98 Å². The minimum atomic E-state index is 0.0255. The molecule has 1 amide bonds. The lowest BCUT2D eigenvalue weighted by Gasteiger charge is -2.31. The summed E-state index contributed by atoms with van der Waals surface area (Å²) in [6.07, 6.45) is 1.82. The Morgan fingerprint density at radius 1 is 1.13 bits per heavy atom. The summed E-state index contributed by atoms with van der Waals surface area (Å²) < 4.78 is 5.79. The van der Waals surface area contributed by atoms with Crippen LogP contribution in [0.25, 0.3) is 0 Å². The van der Waals surface area contributed by atoms with Gasteiger partial charge in [-0.3, -0.25) is 4.79 Å². The van der Waals surface area contributed by atoms with Crippen LogP contribution in [-0.2, 0) is 4.79 Å². The Kier molecular flexibility index (Phi) is 4.88. The van der Waals surface area contributed by atoms with E-state index in [-0.39, 0.29) is 12.5 Å². The number of amides is 1. The molecule has 120 valence electrons. The SMILES string of the molecule is NCC(=O)N1CCC(c2cccc(Oc3ccccc3)n2)CC1. The second-order valence-corrected chi connectivity index (χ2v) is 5.67. The summed E-state index contributed by atoms with van der Waals surface area (Å²) >= 11 is 0. The van der Waals surface area contributed by atoms with Crippen molar-refractivity contribution in [2.24, 2.45) is 5.73 Å². The zero-order valence-corrected chi connectivity index (χ0v) is 13.0. The standard InChI is InChI=1S/C18H21N3O2/c19-13-18(22)21-11-9-14(10-12-21)16-7-4-8-17(20-16)23-15-5-2-1-3-6-15/h1-8,14H,9-13,19H2. The number of nitrogens with zero attached hydrogens (tertiary/aromatic N) is 2. The summed E-state index contributed by atoms with van der Waals surface area (Å²) in [6, 6.07) is 15.5. The smallest absolute Gasteiger partial charge is 0.236 e. The number of ether oxygens (including phenoxy) is 1. The van der Waals surface area contributed by atoms with Gasteiger partial charge in [0, 0.05) is 30.8 Å². The van der Waals surface area contributed by atoms with Crippen LogP contribution in [0, 0.1) is 0 Å². The van der Waals surface area contributed by atoms with Gasteiger partial charge in [-0.2, -0.15) is 0 Å². The maximum absolute atomic E-state index is 11.6. The van der Waals surface area contributed by atoms with Crippen LogP contribution in [0.2, 0.25) is 0 Å². The van der Waals surface area contributed by atoms with Crippen molar-refractivity contribution in [3.63, 3.8) is 0 Å². The molecule has 0 unspecified atom stereocenters. The van der Waals surface area contributed by atoms with Gasteiger partial charge in [0.25, 0.3) is 0 Å². The zero-order valence-electron chi connectivity index (χ0n) is 13.0. The van der Waals surface area contributed by atoms with Crippen LogP contribution in [0.3, 0.4) is 0 Å². The minimum absolute atomic E-state index is 0.0255. The van der Waals surface area contributed by atoms with Crippen LogP contribution in [0.1, 0.15) is 24.5 Å². The maximum atomic E-state index is 11.6. The number of piperidine rings is 1. The number of hydrogen-bond acceptors (Lipinski definition) is 4. The lowest BCUT2D eigenvalue weighted by molar-refractivity contribution is -0.130. The monoisotopic (exact) mass is 311 g/mol. The molecule has 1 aromatic heterocycles. The number of hydrogen-bond donors (Lipinski definition) is 1. The highest BCUT2D eigenvalue weighted by molar-refractivity contribution is 5.78. The number of rotatable bonds is 4. The number of aromatic nitrogens is 1. The Labute approximate surface area is 136 Å². The molecule has 3 rings (SSSR count). The first kappa shape index (κ1) is 15.5. The average molecular weight is 311 g/mol. The van der Waals surface area contributed by atoms with E-state index in [1.54, 1.807) is 0 Å². The van der Waals surface area contributed by atoms with Crippen LogP contribution >= 0.6 is 0 Å². The van der Waals surface area contributed by atoms with Gasteiger partial charge < -0.3 is 15.4 Å². The molecule has 0 saturated carbocycles. The Balaban J connectivity index is 1.65. The lowest BCUT2D eigenvalue weighted by atomic mass is 9.93. The highest BCUT2D eigenvalue weighted by Gasteiger charge is 2.24. The molecule has 5 nitrogen and oxygen atoms in total. The molecule has 2 N–H and O–H groups in total. The number of benzene rings is 1. The second-order valence-electron chi connectivity index (χ2n) is 5.67. The van der Waals surface area contributed by atoms with E-state index < -0.39 is 0 Å². The van der Waals surface area contributed by atoms with E-state index in [1.165, 1.54) is 0 Å². The topological polar surface area (TPSA) is 68.5 Å². The highest BCUT2D eigenvalue weighted by Crippen LogP contribution is 2.28. The molecule has 1 aromatic carbocycles. The molecule has 23 heavy (non-hydrogen) atoms. The third kappa shape index (κ3) is 3.87. The summed E-state index contributed by atoms with van der Waals surface area (Å²) in [6.45, 7) is 1.57. The van der Waals surface area contributed by atoms with Crippen LogP contribution in [-0.4, -0.2) is 35.4 Å². The summed E-state index contributed by atoms with van der Waals surface area (Å²) in [7, 11) is 0. The predicted octanol–water partition coefficient (Wildman–Crippen LogP) is 2.54. The molecular formula is C18H21N3O2. The molecule has 0 aliphatic carbocycles. The number of likely N-dealkylation sites (tertiary alicyclic amines) is 1. The number of pyridine rings is 1. The van der Waals surface area contributed by atoms with Gasteiger partial charge in [-0.25, -0.2) is 4.98 Å². The van der Waals surface area contributed by atoms with Crippen molar-refractivity contribution >= 4 is 5.91 Å². The molecular weight excluding hydrogens is 290 g/mol. The molecule has 5 heteroatoms. The minimum Gasteiger partial charge on any atom is -0.439 e. The molecule has 0 bridgehead atoms. The van der Waals surface area contributed by atoms with Gasteiger partial charge in [0.15, 0.2) is 0 Å². The maximum Gasteiger partial charge on any atom is 0.236 e. The zero-order chi connectivity index (χ0) is 16.1. The van der Waals surface area contributed by atoms with E-state index in [0.717, 1.165) is 37.4 Å². The summed E-state index contributed by atoms with van der Waals surface area (Å²) in [4.78, 5) is 18.1. The fourth-order valence-electron chi connectivity index (χ4n) is 2.88. The first-order valence-corrected chi connectivity index (χ1v) is 7.94. The van der Waals surface area contributed by atoms with Crippen molar-refractivity contribution < 1.29 is 9.53 Å². The van der Waals surface area contributed by atoms with Gasteiger partial charge >= 0.3 is 0 Å². The summed E-state index contributed by atoms with van der Waals surface area (Å²) in [5.41, 5.74) is 6.45. The van der Waals surface area contributed by atoms with E-state index in [4.69, 9.17) is 10.5 Å². The first-order valence-electron chi connectivity index (χ1n) is 7.94. The third-order valence-corrected chi connectivity index (χ3v) is 4.15. The van der Waals surface area contributed by atoms with Gasteiger partial charge in [-0.15, -0.1) is 0 Å². The molecule has 1 fully saturated rings. The molecule has 1 aliphatic rings.